The lowest BCUT2D eigenvalue weighted by molar-refractivity contribution is -0.384. The van der Waals surface area contributed by atoms with Crippen LogP contribution in [-0.2, 0) is 10.3 Å². The quantitative estimate of drug-likeness (QED) is 0.327. The fraction of sp³-hybridized carbons (Fsp3) is 0.259. The van der Waals surface area contributed by atoms with Gasteiger partial charge in [0, 0.05) is 52.5 Å². The molecule has 0 bridgehead atoms. The Hall–Kier alpha value is -3.49. The molecular formula is C27H23N3O4S. The summed E-state index contributed by atoms with van der Waals surface area (Å²) in [5, 5.41) is 14.3. The van der Waals surface area contributed by atoms with Crippen molar-refractivity contribution >= 4 is 34.8 Å². The van der Waals surface area contributed by atoms with E-state index in [9.17, 15) is 19.7 Å². The number of benzene rings is 3. The number of rotatable bonds is 4. The third kappa shape index (κ3) is 3.10. The highest BCUT2D eigenvalue weighted by atomic mass is 32.2. The van der Waals surface area contributed by atoms with Crippen LogP contribution >= 0.6 is 11.8 Å². The van der Waals surface area contributed by atoms with Gasteiger partial charge in [-0.15, -0.1) is 11.8 Å². The van der Waals surface area contributed by atoms with Crippen molar-refractivity contribution in [2.24, 2.45) is 5.92 Å². The Kier molecular flexibility index (Phi) is 5.05. The van der Waals surface area contributed by atoms with Gasteiger partial charge in [0.15, 0.2) is 5.78 Å². The molecule has 0 aromatic heterocycles. The van der Waals surface area contributed by atoms with Crippen molar-refractivity contribution in [3.63, 3.8) is 0 Å². The van der Waals surface area contributed by atoms with E-state index in [-0.39, 0.29) is 29.3 Å². The molecule has 7 nitrogen and oxygen atoms in total. The van der Waals surface area contributed by atoms with Crippen LogP contribution in [0, 0.1) is 23.0 Å². The molecule has 3 heterocycles. The largest absolute Gasteiger partial charge is 0.324 e. The van der Waals surface area contributed by atoms with E-state index in [1.165, 1.54) is 12.1 Å². The third-order valence-corrected chi connectivity index (χ3v) is 8.67. The molecule has 3 aliphatic heterocycles. The van der Waals surface area contributed by atoms with Crippen molar-refractivity contribution in [1.29, 1.82) is 0 Å². The molecule has 1 N–H and O–H groups in total. The maximum absolute atomic E-state index is 14.3. The molecule has 2 fully saturated rings. The first-order valence-electron chi connectivity index (χ1n) is 11.5. The summed E-state index contributed by atoms with van der Waals surface area (Å²) >= 11 is 1.75. The van der Waals surface area contributed by atoms with Crippen LogP contribution in [0.3, 0.4) is 0 Å². The number of ketones is 1. The molecular weight excluding hydrogens is 462 g/mol. The van der Waals surface area contributed by atoms with Gasteiger partial charge in [0.2, 0.25) is 5.91 Å². The first-order chi connectivity index (χ1) is 16.9. The standard InChI is InChI=1S/C27H23N3O4S/c1-16-6-8-18(9-7-16)25(31)24-23(17-10-12-19(13-11-17)30(33)34)22-14-35-15-29(22)27(24)20-4-2-3-5-21(20)28-26(27)32/h2-13,22-24H,14-15H2,1H3,(H,28,32)/t22?,23?,24?,27-/m1/s1. The first-order valence-corrected chi connectivity index (χ1v) is 12.7. The number of anilines is 1. The summed E-state index contributed by atoms with van der Waals surface area (Å²) in [6, 6.07) is 21.5. The van der Waals surface area contributed by atoms with Crippen LogP contribution < -0.4 is 5.32 Å². The number of carbonyl (C=O) groups excluding carboxylic acids is 2. The van der Waals surface area contributed by atoms with Crippen molar-refractivity contribution in [1.82, 2.24) is 4.90 Å². The fourth-order valence-electron chi connectivity index (χ4n) is 6.12. The van der Waals surface area contributed by atoms with Gasteiger partial charge in [0.05, 0.1) is 10.8 Å². The van der Waals surface area contributed by atoms with Crippen LogP contribution in [0.4, 0.5) is 11.4 Å². The van der Waals surface area contributed by atoms with Crippen molar-refractivity contribution in [2.45, 2.75) is 24.4 Å². The Morgan fingerprint density at radius 1 is 1.09 bits per heavy atom. The van der Waals surface area contributed by atoms with Gasteiger partial charge in [-0.3, -0.25) is 24.6 Å². The number of hydrogen-bond acceptors (Lipinski definition) is 6. The Bertz CT molecular complexity index is 1360. The van der Waals surface area contributed by atoms with Crippen LogP contribution in [0.2, 0.25) is 0 Å². The zero-order valence-corrected chi connectivity index (χ0v) is 19.8. The molecule has 2 saturated heterocycles. The molecule has 0 aliphatic carbocycles. The number of carbonyl (C=O) groups is 2. The van der Waals surface area contributed by atoms with Gasteiger partial charge in [-0.25, -0.2) is 0 Å². The van der Waals surface area contributed by atoms with E-state index in [0.29, 0.717) is 11.4 Å². The van der Waals surface area contributed by atoms with Crippen LogP contribution in [-0.4, -0.2) is 39.2 Å². The summed E-state index contributed by atoms with van der Waals surface area (Å²) in [6.07, 6.45) is 0. The molecule has 4 atom stereocenters. The van der Waals surface area contributed by atoms with Crippen molar-refractivity contribution in [3.05, 3.63) is 105 Å². The number of aryl methyl sites for hydroxylation is 1. The maximum Gasteiger partial charge on any atom is 0.269 e. The molecule has 176 valence electrons. The molecule has 3 aromatic rings. The average Bonchev–Trinajstić information content (AvgIpc) is 3.52. The molecule has 0 radical (unpaired) electrons. The number of para-hydroxylation sites is 1. The van der Waals surface area contributed by atoms with Crippen LogP contribution in [0.1, 0.15) is 33.0 Å². The van der Waals surface area contributed by atoms with E-state index >= 15 is 0 Å². The summed E-state index contributed by atoms with van der Waals surface area (Å²) in [5.41, 5.74) is 2.89. The number of nitro groups is 1. The molecule has 0 saturated carbocycles. The number of fused-ring (bicyclic) bond motifs is 4. The number of Topliss-reactive ketones (excluding diaryl/α,β-unsaturated/α-hetero) is 1. The third-order valence-electron chi connectivity index (χ3n) is 7.64. The molecule has 6 rings (SSSR count). The van der Waals surface area contributed by atoms with Crippen molar-refractivity contribution in [3.8, 4) is 0 Å². The zero-order chi connectivity index (χ0) is 24.3. The van der Waals surface area contributed by atoms with Gasteiger partial charge in [0.1, 0.15) is 5.54 Å². The minimum atomic E-state index is -1.14. The number of non-ortho nitro benzene ring substituents is 1. The highest BCUT2D eigenvalue weighted by molar-refractivity contribution is 7.99. The van der Waals surface area contributed by atoms with Gasteiger partial charge in [-0.05, 0) is 18.6 Å². The molecule has 3 aromatic carbocycles. The topological polar surface area (TPSA) is 92.5 Å². The number of nitrogens with one attached hydrogen (secondary N) is 1. The van der Waals surface area contributed by atoms with Gasteiger partial charge < -0.3 is 5.32 Å². The zero-order valence-electron chi connectivity index (χ0n) is 19.0. The van der Waals surface area contributed by atoms with Crippen LogP contribution in [0.15, 0.2) is 72.8 Å². The Morgan fingerprint density at radius 2 is 1.80 bits per heavy atom. The number of amides is 1. The predicted octanol–water partition coefficient (Wildman–Crippen LogP) is 4.72. The summed E-state index contributed by atoms with van der Waals surface area (Å²) < 4.78 is 0. The average molecular weight is 486 g/mol. The first kappa shape index (κ1) is 22.0. The molecule has 1 spiro atoms. The summed E-state index contributed by atoms with van der Waals surface area (Å²) in [5.74, 6) is 0.169. The van der Waals surface area contributed by atoms with Gasteiger partial charge in [-0.1, -0.05) is 60.2 Å². The lowest BCUT2D eigenvalue weighted by Crippen LogP contribution is -2.52. The van der Waals surface area contributed by atoms with Crippen molar-refractivity contribution < 1.29 is 14.5 Å². The molecule has 3 aliphatic rings. The minimum Gasteiger partial charge on any atom is -0.324 e. The smallest absolute Gasteiger partial charge is 0.269 e. The second-order valence-electron chi connectivity index (χ2n) is 9.39. The molecule has 3 unspecified atom stereocenters. The Balaban J connectivity index is 1.58. The molecule has 8 heteroatoms. The fourth-order valence-corrected chi connectivity index (χ4v) is 7.45. The lowest BCUT2D eigenvalue weighted by atomic mass is 9.69. The highest BCUT2D eigenvalue weighted by Gasteiger charge is 2.69. The number of thioether (sulfide) groups is 1. The Labute approximate surface area is 206 Å². The SMILES string of the molecule is Cc1ccc(C(=O)C2C(c3ccc([N+](=O)[O-])cc3)C3CSCN3[C@@]23C(=O)Nc2ccccc23)cc1. The lowest BCUT2D eigenvalue weighted by Gasteiger charge is -2.36. The van der Waals surface area contributed by atoms with E-state index in [2.05, 4.69) is 10.2 Å². The van der Waals surface area contributed by atoms with E-state index in [4.69, 9.17) is 0 Å². The second-order valence-corrected chi connectivity index (χ2v) is 10.4. The number of hydrogen-bond donors (Lipinski definition) is 1. The van der Waals surface area contributed by atoms with Crippen molar-refractivity contribution in [2.75, 3.05) is 16.9 Å². The minimum absolute atomic E-state index is 0.00415. The summed E-state index contributed by atoms with van der Waals surface area (Å²) in [4.78, 5) is 41.3. The van der Waals surface area contributed by atoms with E-state index in [1.54, 1.807) is 23.9 Å². The summed E-state index contributed by atoms with van der Waals surface area (Å²) in [7, 11) is 0. The van der Waals surface area contributed by atoms with Gasteiger partial charge in [0.25, 0.3) is 5.69 Å². The predicted molar refractivity (Wildman–Crippen MR) is 135 cm³/mol. The summed E-state index contributed by atoms with van der Waals surface area (Å²) in [6.45, 7) is 1.97. The van der Waals surface area contributed by atoms with Crippen LogP contribution in [0.5, 0.6) is 0 Å². The van der Waals surface area contributed by atoms with E-state index < -0.39 is 16.4 Å². The van der Waals surface area contributed by atoms with E-state index in [1.807, 2.05) is 55.5 Å². The van der Waals surface area contributed by atoms with Crippen LogP contribution in [0.25, 0.3) is 0 Å². The van der Waals surface area contributed by atoms with Gasteiger partial charge in [-0.2, -0.15) is 0 Å². The highest BCUT2D eigenvalue weighted by Crippen LogP contribution is 2.61. The maximum atomic E-state index is 14.3. The monoisotopic (exact) mass is 485 g/mol. The number of nitrogens with zero attached hydrogens (tertiary/aromatic N) is 2. The van der Waals surface area contributed by atoms with E-state index in [0.717, 1.165) is 28.1 Å². The van der Waals surface area contributed by atoms with Gasteiger partial charge >= 0.3 is 0 Å². The molecule has 1 amide bonds. The number of nitro benzene ring substituents is 1. The molecule has 35 heavy (non-hydrogen) atoms. The normalized spacial score (nSPS) is 27.0. The second kappa shape index (κ2) is 8.03. The Morgan fingerprint density at radius 3 is 2.51 bits per heavy atom.